The van der Waals surface area contributed by atoms with Crippen molar-refractivity contribution < 1.29 is 0 Å². The average molecular weight is 139 g/mol. The van der Waals surface area contributed by atoms with Gasteiger partial charge in [0.1, 0.15) is 0 Å². The van der Waals surface area contributed by atoms with E-state index < -0.39 is 0 Å². The summed E-state index contributed by atoms with van der Waals surface area (Å²) in [6, 6.07) is 0.375. The maximum Gasteiger partial charge on any atom is 0.0824 e. The fourth-order valence-electron chi connectivity index (χ4n) is 0.720. The van der Waals surface area contributed by atoms with Gasteiger partial charge in [0.2, 0.25) is 0 Å². The first kappa shape index (κ1) is 7.25. The highest BCUT2D eigenvalue weighted by Crippen LogP contribution is 2.00. The zero-order chi connectivity index (χ0) is 7.56. The maximum absolute atomic E-state index is 4.23. The van der Waals surface area contributed by atoms with Crippen molar-refractivity contribution in [2.24, 2.45) is 0 Å². The van der Waals surface area contributed by atoms with Gasteiger partial charge in [-0.2, -0.15) is 15.0 Å². The van der Waals surface area contributed by atoms with Crippen molar-refractivity contribution in [1.82, 2.24) is 15.0 Å². The lowest BCUT2D eigenvalue weighted by Crippen LogP contribution is -2.04. The molecule has 0 atom stereocenters. The first-order valence-electron chi connectivity index (χ1n) is 3.64. The maximum atomic E-state index is 4.23. The molecule has 1 aromatic rings. The van der Waals surface area contributed by atoms with Crippen molar-refractivity contribution in [1.29, 1.82) is 0 Å². The van der Waals surface area contributed by atoms with E-state index in [1.807, 2.05) is 6.20 Å². The Morgan fingerprint density at radius 2 is 2.30 bits per heavy atom. The fourth-order valence-corrected chi connectivity index (χ4v) is 0.720. The molecule has 0 radical (unpaired) electrons. The Balaban J connectivity index is 2.78. The Morgan fingerprint density at radius 1 is 1.60 bits per heavy atom. The monoisotopic (exact) mass is 139 g/mol. The van der Waals surface area contributed by atoms with Crippen LogP contribution < -0.4 is 0 Å². The lowest BCUT2D eigenvalue weighted by molar-refractivity contribution is 0.463. The van der Waals surface area contributed by atoms with Gasteiger partial charge in [-0.25, -0.2) is 0 Å². The summed E-state index contributed by atoms with van der Waals surface area (Å²) in [5.41, 5.74) is 1.06. The molecule has 0 aromatic carbocycles. The summed E-state index contributed by atoms with van der Waals surface area (Å²) in [5.74, 6) is 0. The van der Waals surface area contributed by atoms with Gasteiger partial charge >= 0.3 is 0 Å². The molecule has 0 aliphatic heterocycles. The Morgan fingerprint density at radius 3 is 2.60 bits per heavy atom. The zero-order valence-electron chi connectivity index (χ0n) is 6.70. The van der Waals surface area contributed by atoms with Crippen molar-refractivity contribution in [2.75, 3.05) is 0 Å². The Labute approximate surface area is 61.1 Å². The van der Waals surface area contributed by atoms with Crippen molar-refractivity contribution in [2.45, 2.75) is 33.2 Å². The van der Waals surface area contributed by atoms with Crippen LogP contribution in [0, 0.1) is 0 Å². The van der Waals surface area contributed by atoms with Crippen LogP contribution in [-0.2, 0) is 6.42 Å². The van der Waals surface area contributed by atoms with Crippen LogP contribution in [0.1, 0.15) is 32.5 Å². The Hall–Kier alpha value is -0.860. The van der Waals surface area contributed by atoms with Crippen LogP contribution in [0.3, 0.4) is 0 Å². The van der Waals surface area contributed by atoms with Gasteiger partial charge in [0.05, 0.1) is 17.9 Å². The van der Waals surface area contributed by atoms with E-state index in [1.54, 1.807) is 4.80 Å². The summed E-state index contributed by atoms with van der Waals surface area (Å²) in [4.78, 5) is 1.73. The molecular formula is C7H13N3. The summed E-state index contributed by atoms with van der Waals surface area (Å²) in [7, 11) is 0. The minimum Gasteiger partial charge on any atom is -0.182 e. The quantitative estimate of drug-likeness (QED) is 0.620. The summed E-state index contributed by atoms with van der Waals surface area (Å²) in [6.45, 7) is 6.22. The van der Waals surface area contributed by atoms with Crippen LogP contribution >= 0.6 is 0 Å². The van der Waals surface area contributed by atoms with Crippen molar-refractivity contribution in [3.05, 3.63) is 11.9 Å². The minimum atomic E-state index is 0.375. The highest BCUT2D eigenvalue weighted by molar-refractivity contribution is 4.89. The molecule has 56 valence electrons. The predicted molar refractivity (Wildman–Crippen MR) is 39.8 cm³/mol. The van der Waals surface area contributed by atoms with E-state index in [1.165, 1.54) is 0 Å². The molecule has 0 saturated carbocycles. The average Bonchev–Trinajstić information content (AvgIpc) is 2.34. The first-order valence-corrected chi connectivity index (χ1v) is 3.64. The third-order valence-corrected chi connectivity index (χ3v) is 1.38. The van der Waals surface area contributed by atoms with E-state index in [0.29, 0.717) is 6.04 Å². The number of nitrogens with zero attached hydrogens (tertiary/aromatic N) is 3. The first-order chi connectivity index (χ1) is 4.74. The molecular weight excluding hydrogens is 126 g/mol. The molecule has 0 bridgehead atoms. The van der Waals surface area contributed by atoms with Crippen molar-refractivity contribution >= 4 is 0 Å². The Kier molecular flexibility index (Phi) is 2.04. The lowest BCUT2D eigenvalue weighted by atomic mass is 10.4. The third-order valence-electron chi connectivity index (χ3n) is 1.38. The molecule has 0 N–H and O–H groups in total. The predicted octanol–water partition coefficient (Wildman–Crippen LogP) is 1.42. The van der Waals surface area contributed by atoms with Crippen LogP contribution in [-0.4, -0.2) is 15.0 Å². The molecule has 0 fully saturated rings. The van der Waals surface area contributed by atoms with Crippen LogP contribution in [0.25, 0.3) is 0 Å². The molecule has 3 nitrogen and oxygen atoms in total. The minimum absolute atomic E-state index is 0.375. The van der Waals surface area contributed by atoms with E-state index in [-0.39, 0.29) is 0 Å². The van der Waals surface area contributed by atoms with Gasteiger partial charge in [-0.1, -0.05) is 6.92 Å². The molecule has 1 heterocycles. The van der Waals surface area contributed by atoms with Gasteiger partial charge in [-0.3, -0.25) is 0 Å². The highest BCUT2D eigenvalue weighted by Gasteiger charge is 1.99. The van der Waals surface area contributed by atoms with Gasteiger partial charge in [0.15, 0.2) is 0 Å². The second-order valence-corrected chi connectivity index (χ2v) is 2.60. The topological polar surface area (TPSA) is 30.7 Å². The molecule has 0 spiro atoms. The number of aromatic nitrogens is 3. The highest BCUT2D eigenvalue weighted by atomic mass is 15.5. The summed E-state index contributed by atoms with van der Waals surface area (Å²) in [6.07, 6.45) is 2.78. The summed E-state index contributed by atoms with van der Waals surface area (Å²) < 4.78 is 0. The number of hydrogen-bond acceptors (Lipinski definition) is 2. The number of rotatable bonds is 2. The third kappa shape index (κ3) is 1.35. The van der Waals surface area contributed by atoms with Gasteiger partial charge in [0.25, 0.3) is 0 Å². The van der Waals surface area contributed by atoms with Gasteiger partial charge in [-0.15, -0.1) is 0 Å². The molecule has 0 saturated heterocycles. The van der Waals surface area contributed by atoms with E-state index in [0.717, 1.165) is 12.1 Å². The number of aryl methyl sites for hydroxylation is 1. The van der Waals surface area contributed by atoms with Crippen LogP contribution in [0.2, 0.25) is 0 Å². The molecule has 0 amide bonds. The number of hydrogen-bond donors (Lipinski definition) is 0. The van der Waals surface area contributed by atoms with Crippen molar-refractivity contribution in [3.8, 4) is 0 Å². The second kappa shape index (κ2) is 2.82. The van der Waals surface area contributed by atoms with Gasteiger partial charge < -0.3 is 0 Å². The molecule has 3 heteroatoms. The molecule has 1 rings (SSSR count). The lowest BCUT2D eigenvalue weighted by Gasteiger charge is -2.00. The smallest absolute Gasteiger partial charge is 0.0824 e. The largest absolute Gasteiger partial charge is 0.182 e. The van der Waals surface area contributed by atoms with Crippen LogP contribution in [0.4, 0.5) is 0 Å². The van der Waals surface area contributed by atoms with E-state index in [2.05, 4.69) is 31.0 Å². The molecule has 0 aliphatic carbocycles. The molecule has 0 aliphatic rings. The van der Waals surface area contributed by atoms with Crippen molar-refractivity contribution in [3.63, 3.8) is 0 Å². The van der Waals surface area contributed by atoms with E-state index >= 15 is 0 Å². The van der Waals surface area contributed by atoms with E-state index in [4.69, 9.17) is 0 Å². The second-order valence-electron chi connectivity index (χ2n) is 2.60. The zero-order valence-corrected chi connectivity index (χ0v) is 6.70. The standard InChI is InChI=1S/C7H13N3/c1-4-7-5-8-10(9-7)6(2)3/h5-6H,4H2,1-3H3. The van der Waals surface area contributed by atoms with E-state index in [9.17, 15) is 0 Å². The summed E-state index contributed by atoms with van der Waals surface area (Å²) in [5, 5.41) is 8.33. The Bertz CT molecular complexity index is 202. The van der Waals surface area contributed by atoms with Gasteiger partial charge in [0, 0.05) is 0 Å². The fraction of sp³-hybridized carbons (Fsp3) is 0.714. The van der Waals surface area contributed by atoms with Gasteiger partial charge in [-0.05, 0) is 20.3 Å². The summed E-state index contributed by atoms with van der Waals surface area (Å²) >= 11 is 0. The van der Waals surface area contributed by atoms with Crippen LogP contribution in [0.15, 0.2) is 6.20 Å². The SMILES string of the molecule is CCc1cnn(C(C)C)n1. The normalized spacial score (nSPS) is 10.8. The molecule has 10 heavy (non-hydrogen) atoms. The molecule has 0 unspecified atom stereocenters. The van der Waals surface area contributed by atoms with Crippen LogP contribution in [0.5, 0.6) is 0 Å². The molecule has 1 aromatic heterocycles.